The minimum absolute atomic E-state index is 0.0122. The highest BCUT2D eigenvalue weighted by Gasteiger charge is 2.25. The van der Waals surface area contributed by atoms with E-state index in [1.54, 1.807) is 4.90 Å². The van der Waals surface area contributed by atoms with Gasteiger partial charge in [-0.3, -0.25) is 9.78 Å². The number of carboxylic acids is 1. The Labute approximate surface area is 123 Å². The van der Waals surface area contributed by atoms with Crippen molar-refractivity contribution in [3.8, 4) is 5.75 Å². The molecule has 2 unspecified atom stereocenters. The topological polar surface area (TPSA) is 79.7 Å². The third-order valence-electron chi connectivity index (χ3n) is 3.59. The summed E-state index contributed by atoms with van der Waals surface area (Å²) in [4.78, 5) is 28.8. The lowest BCUT2D eigenvalue weighted by Gasteiger charge is -2.34. The SMILES string of the molecule is CC1CC(C)CN(C(=O)COc2cnccc2C(=O)O)C1. The van der Waals surface area contributed by atoms with Crippen LogP contribution in [0.5, 0.6) is 5.75 Å². The predicted molar refractivity (Wildman–Crippen MR) is 76.2 cm³/mol. The number of carboxylic acid groups (broad SMARTS) is 1. The highest BCUT2D eigenvalue weighted by atomic mass is 16.5. The zero-order valence-corrected chi connectivity index (χ0v) is 12.3. The Kier molecular flexibility index (Phi) is 4.77. The van der Waals surface area contributed by atoms with Crippen LogP contribution >= 0.6 is 0 Å². The lowest BCUT2D eigenvalue weighted by Crippen LogP contribution is -2.44. The molecule has 1 aliphatic heterocycles. The van der Waals surface area contributed by atoms with Crippen LogP contribution in [0.15, 0.2) is 18.5 Å². The quantitative estimate of drug-likeness (QED) is 0.913. The van der Waals surface area contributed by atoms with Gasteiger partial charge in [-0.1, -0.05) is 13.8 Å². The zero-order chi connectivity index (χ0) is 15.4. The van der Waals surface area contributed by atoms with Gasteiger partial charge >= 0.3 is 5.97 Å². The molecule has 1 aromatic rings. The average Bonchev–Trinajstić information content (AvgIpc) is 2.43. The third kappa shape index (κ3) is 3.93. The summed E-state index contributed by atoms with van der Waals surface area (Å²) in [6.07, 6.45) is 3.82. The van der Waals surface area contributed by atoms with E-state index in [2.05, 4.69) is 18.8 Å². The minimum atomic E-state index is -1.10. The van der Waals surface area contributed by atoms with E-state index in [0.717, 1.165) is 19.5 Å². The summed E-state index contributed by atoms with van der Waals surface area (Å²) in [6, 6.07) is 1.35. The largest absolute Gasteiger partial charge is 0.481 e. The molecule has 0 aliphatic carbocycles. The first-order valence-corrected chi connectivity index (χ1v) is 7.05. The van der Waals surface area contributed by atoms with E-state index >= 15 is 0 Å². The summed E-state index contributed by atoms with van der Waals surface area (Å²) in [5.74, 6) is -0.138. The van der Waals surface area contributed by atoms with Crippen LogP contribution in [0.1, 0.15) is 30.6 Å². The van der Waals surface area contributed by atoms with Gasteiger partial charge in [0.15, 0.2) is 12.4 Å². The Hall–Kier alpha value is -2.11. The number of aromatic nitrogens is 1. The maximum Gasteiger partial charge on any atom is 0.339 e. The van der Waals surface area contributed by atoms with Gasteiger partial charge in [0.25, 0.3) is 5.91 Å². The molecule has 0 saturated carbocycles. The summed E-state index contributed by atoms with van der Waals surface area (Å²) in [5.41, 5.74) is 0.0122. The van der Waals surface area contributed by atoms with Crippen LogP contribution in [0.3, 0.4) is 0 Å². The van der Waals surface area contributed by atoms with E-state index < -0.39 is 5.97 Å². The highest BCUT2D eigenvalue weighted by Crippen LogP contribution is 2.21. The second kappa shape index (κ2) is 6.56. The average molecular weight is 292 g/mol. The Morgan fingerprint density at radius 2 is 2.05 bits per heavy atom. The molecule has 1 aliphatic rings. The van der Waals surface area contributed by atoms with Crippen molar-refractivity contribution in [3.05, 3.63) is 24.0 Å². The predicted octanol–water partition coefficient (Wildman–Crippen LogP) is 1.66. The van der Waals surface area contributed by atoms with Gasteiger partial charge in [0.05, 0.1) is 6.20 Å². The standard InChI is InChI=1S/C15H20N2O4/c1-10-5-11(2)8-17(7-10)14(18)9-21-13-6-16-4-3-12(13)15(19)20/h3-4,6,10-11H,5,7-9H2,1-2H3,(H,19,20). The third-order valence-corrected chi connectivity index (χ3v) is 3.59. The van der Waals surface area contributed by atoms with Crippen molar-refractivity contribution in [2.24, 2.45) is 11.8 Å². The number of rotatable bonds is 4. The van der Waals surface area contributed by atoms with Gasteiger partial charge in [0, 0.05) is 19.3 Å². The number of piperidine rings is 1. The molecule has 1 amide bonds. The lowest BCUT2D eigenvalue weighted by atomic mass is 9.92. The number of amides is 1. The number of ether oxygens (including phenoxy) is 1. The number of nitrogens with zero attached hydrogens (tertiary/aromatic N) is 2. The van der Waals surface area contributed by atoms with E-state index in [-0.39, 0.29) is 23.8 Å². The number of carbonyl (C=O) groups excluding carboxylic acids is 1. The summed E-state index contributed by atoms with van der Waals surface area (Å²) >= 11 is 0. The number of hydrogen-bond acceptors (Lipinski definition) is 4. The normalized spacial score (nSPS) is 21.9. The summed E-state index contributed by atoms with van der Waals surface area (Å²) in [6.45, 7) is 5.54. The Bertz CT molecular complexity index is 522. The van der Waals surface area contributed by atoms with Crippen LogP contribution < -0.4 is 4.74 Å². The Morgan fingerprint density at radius 1 is 1.38 bits per heavy atom. The Balaban J connectivity index is 1.97. The van der Waals surface area contributed by atoms with Gasteiger partial charge in [-0.15, -0.1) is 0 Å². The monoisotopic (exact) mass is 292 g/mol. The van der Waals surface area contributed by atoms with Crippen molar-refractivity contribution in [1.82, 2.24) is 9.88 Å². The molecule has 0 aromatic carbocycles. The summed E-state index contributed by atoms with van der Waals surface area (Å²) in [7, 11) is 0. The van der Waals surface area contributed by atoms with Crippen molar-refractivity contribution in [2.75, 3.05) is 19.7 Å². The van der Waals surface area contributed by atoms with Crippen molar-refractivity contribution in [1.29, 1.82) is 0 Å². The molecule has 2 atom stereocenters. The smallest absolute Gasteiger partial charge is 0.339 e. The van der Waals surface area contributed by atoms with Crippen molar-refractivity contribution in [2.45, 2.75) is 20.3 Å². The fourth-order valence-electron chi connectivity index (χ4n) is 2.77. The number of likely N-dealkylation sites (tertiary alicyclic amines) is 1. The van der Waals surface area contributed by atoms with Gasteiger partial charge in [-0.2, -0.15) is 0 Å². The molecular weight excluding hydrogens is 272 g/mol. The molecule has 0 spiro atoms. The number of pyridine rings is 1. The van der Waals surface area contributed by atoms with Gasteiger partial charge in [-0.05, 0) is 24.3 Å². The molecule has 6 nitrogen and oxygen atoms in total. The van der Waals surface area contributed by atoms with Crippen LogP contribution in [0, 0.1) is 11.8 Å². The summed E-state index contributed by atoms with van der Waals surface area (Å²) < 4.78 is 5.35. The first-order chi connectivity index (χ1) is 9.97. The molecule has 1 N–H and O–H groups in total. The minimum Gasteiger partial charge on any atom is -0.481 e. The number of carbonyl (C=O) groups is 2. The summed E-state index contributed by atoms with van der Waals surface area (Å²) in [5, 5.41) is 9.05. The molecule has 1 aromatic heterocycles. The first-order valence-electron chi connectivity index (χ1n) is 7.05. The zero-order valence-electron chi connectivity index (χ0n) is 12.3. The van der Waals surface area contributed by atoms with Crippen LogP contribution in [0.25, 0.3) is 0 Å². The Morgan fingerprint density at radius 3 is 2.67 bits per heavy atom. The molecule has 114 valence electrons. The highest BCUT2D eigenvalue weighted by molar-refractivity contribution is 5.90. The van der Waals surface area contributed by atoms with E-state index in [0.29, 0.717) is 11.8 Å². The lowest BCUT2D eigenvalue weighted by molar-refractivity contribution is -0.136. The van der Waals surface area contributed by atoms with Crippen molar-refractivity contribution >= 4 is 11.9 Å². The molecule has 2 heterocycles. The molecule has 2 rings (SSSR count). The van der Waals surface area contributed by atoms with Crippen molar-refractivity contribution < 1.29 is 19.4 Å². The molecule has 1 saturated heterocycles. The van der Waals surface area contributed by atoms with Gasteiger partial charge < -0.3 is 14.7 Å². The first kappa shape index (κ1) is 15.3. The maximum absolute atomic E-state index is 12.2. The molecular formula is C15H20N2O4. The number of aromatic carboxylic acids is 1. The van der Waals surface area contributed by atoms with Crippen LogP contribution in [0.2, 0.25) is 0 Å². The van der Waals surface area contributed by atoms with Crippen LogP contribution in [0.4, 0.5) is 0 Å². The maximum atomic E-state index is 12.2. The molecule has 1 fully saturated rings. The van der Waals surface area contributed by atoms with E-state index in [1.165, 1.54) is 18.5 Å². The van der Waals surface area contributed by atoms with Gasteiger partial charge in [0.1, 0.15) is 5.56 Å². The second-order valence-corrected chi connectivity index (χ2v) is 5.71. The van der Waals surface area contributed by atoms with Crippen LogP contribution in [-0.4, -0.2) is 46.6 Å². The van der Waals surface area contributed by atoms with Gasteiger partial charge in [0.2, 0.25) is 0 Å². The van der Waals surface area contributed by atoms with Crippen molar-refractivity contribution in [3.63, 3.8) is 0 Å². The van der Waals surface area contributed by atoms with E-state index in [4.69, 9.17) is 9.84 Å². The molecule has 0 bridgehead atoms. The molecule has 21 heavy (non-hydrogen) atoms. The number of hydrogen-bond donors (Lipinski definition) is 1. The van der Waals surface area contributed by atoms with Crippen LogP contribution in [-0.2, 0) is 4.79 Å². The fraction of sp³-hybridized carbons (Fsp3) is 0.533. The van der Waals surface area contributed by atoms with Gasteiger partial charge in [-0.25, -0.2) is 4.79 Å². The fourth-order valence-corrected chi connectivity index (χ4v) is 2.77. The molecule has 6 heteroatoms. The van der Waals surface area contributed by atoms with E-state index in [9.17, 15) is 9.59 Å². The van der Waals surface area contributed by atoms with E-state index in [1.807, 2.05) is 0 Å². The molecule has 0 radical (unpaired) electrons. The second-order valence-electron chi connectivity index (χ2n) is 5.71.